The van der Waals surface area contributed by atoms with Crippen LogP contribution in [0.3, 0.4) is 0 Å². The van der Waals surface area contributed by atoms with Crippen LogP contribution in [0.2, 0.25) is 0 Å². The first-order chi connectivity index (χ1) is 8.81. The van der Waals surface area contributed by atoms with Gasteiger partial charge in [-0.1, -0.05) is 43.7 Å². The van der Waals surface area contributed by atoms with Crippen LogP contribution < -0.4 is 10.9 Å². The first-order valence-electron chi connectivity index (χ1n) is 6.20. The number of H-pyrrole nitrogens is 1. The lowest BCUT2D eigenvalue weighted by atomic mass is 10.1. The third-order valence-electron chi connectivity index (χ3n) is 2.72. The Bertz CT molecular complexity index is 548. The molecule has 1 aromatic carbocycles. The summed E-state index contributed by atoms with van der Waals surface area (Å²) < 4.78 is 0. The average molecular weight is 243 g/mol. The second-order valence-corrected chi connectivity index (χ2v) is 4.14. The molecular formula is C14H17N3O. The molecule has 18 heavy (non-hydrogen) atoms. The highest BCUT2D eigenvalue weighted by Gasteiger charge is 2.04. The maximum absolute atomic E-state index is 11.6. The molecule has 0 radical (unpaired) electrons. The normalized spacial score (nSPS) is 10.3. The summed E-state index contributed by atoms with van der Waals surface area (Å²) >= 11 is 0. The molecule has 94 valence electrons. The lowest BCUT2D eigenvalue weighted by Gasteiger charge is -2.06. The Balaban J connectivity index is 2.24. The fourth-order valence-corrected chi connectivity index (χ4v) is 1.69. The van der Waals surface area contributed by atoms with Crippen molar-refractivity contribution in [2.45, 2.75) is 19.8 Å². The Morgan fingerprint density at radius 1 is 1.28 bits per heavy atom. The van der Waals surface area contributed by atoms with Crippen LogP contribution in [0.5, 0.6) is 0 Å². The number of nitrogens with one attached hydrogen (secondary N) is 2. The Kier molecular flexibility index (Phi) is 4.12. The van der Waals surface area contributed by atoms with Crippen LogP contribution in [0, 0.1) is 0 Å². The van der Waals surface area contributed by atoms with Crippen molar-refractivity contribution in [1.82, 2.24) is 10.2 Å². The fourth-order valence-electron chi connectivity index (χ4n) is 1.69. The second-order valence-electron chi connectivity index (χ2n) is 4.14. The number of aromatic nitrogens is 2. The van der Waals surface area contributed by atoms with Crippen LogP contribution in [0.4, 0.5) is 5.69 Å². The number of benzene rings is 1. The zero-order chi connectivity index (χ0) is 12.8. The Hall–Kier alpha value is -2.10. The van der Waals surface area contributed by atoms with Gasteiger partial charge in [0.15, 0.2) is 0 Å². The molecule has 0 aliphatic rings. The average Bonchev–Trinajstić information content (AvgIpc) is 2.42. The molecule has 4 heteroatoms. The van der Waals surface area contributed by atoms with E-state index in [1.54, 1.807) is 6.07 Å². The van der Waals surface area contributed by atoms with E-state index in [4.69, 9.17) is 0 Å². The highest BCUT2D eigenvalue weighted by Crippen LogP contribution is 2.16. The largest absolute Gasteiger partial charge is 0.380 e. The molecule has 2 rings (SSSR count). The molecule has 2 aromatic rings. The Morgan fingerprint density at radius 3 is 2.78 bits per heavy atom. The number of anilines is 1. The highest BCUT2D eigenvalue weighted by atomic mass is 16.1. The Labute approximate surface area is 106 Å². The van der Waals surface area contributed by atoms with Crippen LogP contribution in [0.15, 0.2) is 41.2 Å². The van der Waals surface area contributed by atoms with Gasteiger partial charge in [-0.25, -0.2) is 5.10 Å². The minimum Gasteiger partial charge on any atom is -0.380 e. The minimum absolute atomic E-state index is 0.175. The van der Waals surface area contributed by atoms with Gasteiger partial charge in [-0.2, -0.15) is 5.10 Å². The lowest BCUT2D eigenvalue weighted by molar-refractivity contribution is 0.831. The summed E-state index contributed by atoms with van der Waals surface area (Å²) in [4.78, 5) is 11.6. The summed E-state index contributed by atoms with van der Waals surface area (Å²) in [7, 11) is 0. The molecule has 0 fully saturated rings. The zero-order valence-corrected chi connectivity index (χ0v) is 10.4. The quantitative estimate of drug-likeness (QED) is 0.794. The second kappa shape index (κ2) is 6.00. The van der Waals surface area contributed by atoms with E-state index >= 15 is 0 Å². The molecule has 0 saturated carbocycles. The van der Waals surface area contributed by atoms with Gasteiger partial charge in [0.25, 0.3) is 5.56 Å². The summed E-state index contributed by atoms with van der Waals surface area (Å²) in [6, 6.07) is 11.6. The molecule has 0 saturated heterocycles. The molecule has 4 nitrogen and oxygen atoms in total. The van der Waals surface area contributed by atoms with E-state index < -0.39 is 0 Å². The topological polar surface area (TPSA) is 57.8 Å². The minimum atomic E-state index is -0.175. The van der Waals surface area contributed by atoms with E-state index in [0.717, 1.165) is 30.6 Å². The molecule has 0 atom stereocenters. The first-order valence-corrected chi connectivity index (χ1v) is 6.20. The van der Waals surface area contributed by atoms with Gasteiger partial charge in [0.1, 0.15) is 5.69 Å². The number of hydrogen-bond acceptors (Lipinski definition) is 3. The molecule has 1 aromatic heterocycles. The Morgan fingerprint density at radius 2 is 2.06 bits per heavy atom. The van der Waals surface area contributed by atoms with Gasteiger partial charge in [-0.15, -0.1) is 0 Å². The molecule has 2 N–H and O–H groups in total. The molecule has 0 unspecified atom stereocenters. The van der Waals surface area contributed by atoms with Crippen LogP contribution in [0.25, 0.3) is 11.3 Å². The summed E-state index contributed by atoms with van der Waals surface area (Å²) in [5.74, 6) is 0. The predicted octanol–water partition coefficient (Wildman–Crippen LogP) is 2.65. The van der Waals surface area contributed by atoms with Gasteiger partial charge in [0.05, 0.1) is 5.69 Å². The van der Waals surface area contributed by atoms with E-state index in [1.807, 2.05) is 30.3 Å². The third-order valence-corrected chi connectivity index (χ3v) is 2.72. The van der Waals surface area contributed by atoms with E-state index in [2.05, 4.69) is 22.4 Å². The van der Waals surface area contributed by atoms with Crippen molar-refractivity contribution in [3.05, 3.63) is 46.8 Å². The van der Waals surface area contributed by atoms with Crippen LogP contribution in [-0.2, 0) is 0 Å². The number of nitrogens with zero attached hydrogens (tertiary/aromatic N) is 1. The van der Waals surface area contributed by atoms with Crippen molar-refractivity contribution in [2.24, 2.45) is 0 Å². The number of unbranched alkanes of at least 4 members (excludes halogenated alkanes) is 1. The van der Waals surface area contributed by atoms with E-state index in [1.165, 1.54) is 0 Å². The molecular weight excluding hydrogens is 226 g/mol. The van der Waals surface area contributed by atoms with Gasteiger partial charge in [0, 0.05) is 12.1 Å². The van der Waals surface area contributed by atoms with Crippen molar-refractivity contribution in [1.29, 1.82) is 0 Å². The summed E-state index contributed by atoms with van der Waals surface area (Å²) in [5, 5.41) is 9.73. The molecule has 0 amide bonds. The third kappa shape index (κ3) is 2.97. The smallest absolute Gasteiger partial charge is 0.287 e. The highest BCUT2D eigenvalue weighted by molar-refractivity contribution is 5.62. The van der Waals surface area contributed by atoms with Gasteiger partial charge < -0.3 is 5.32 Å². The van der Waals surface area contributed by atoms with Gasteiger partial charge in [-0.05, 0) is 12.5 Å². The van der Waals surface area contributed by atoms with Gasteiger partial charge in [-0.3, -0.25) is 4.79 Å². The maximum Gasteiger partial charge on any atom is 0.287 e. The summed E-state index contributed by atoms with van der Waals surface area (Å²) in [6.07, 6.45) is 2.14. The van der Waals surface area contributed by atoms with Crippen LogP contribution in [0.1, 0.15) is 19.8 Å². The van der Waals surface area contributed by atoms with Crippen molar-refractivity contribution in [3.8, 4) is 11.3 Å². The van der Waals surface area contributed by atoms with Gasteiger partial charge >= 0.3 is 0 Å². The SMILES string of the molecule is CCCCNc1cc(-c2ccccc2)n[nH]c1=O. The lowest BCUT2D eigenvalue weighted by Crippen LogP contribution is -2.16. The van der Waals surface area contributed by atoms with Crippen molar-refractivity contribution in [3.63, 3.8) is 0 Å². The number of aromatic amines is 1. The van der Waals surface area contributed by atoms with Crippen molar-refractivity contribution in [2.75, 3.05) is 11.9 Å². The maximum atomic E-state index is 11.6. The predicted molar refractivity (Wildman–Crippen MR) is 73.7 cm³/mol. The standard InChI is InChI=1S/C14H17N3O/c1-2-3-9-15-13-10-12(16-17-14(13)18)11-7-5-4-6-8-11/h4-8,10H,2-3,9H2,1H3,(H,15,16)(H,17,18). The zero-order valence-electron chi connectivity index (χ0n) is 10.4. The summed E-state index contributed by atoms with van der Waals surface area (Å²) in [6.45, 7) is 2.92. The molecule has 1 heterocycles. The number of hydrogen-bond donors (Lipinski definition) is 2. The van der Waals surface area contributed by atoms with E-state index in [-0.39, 0.29) is 5.56 Å². The molecule has 0 aliphatic heterocycles. The van der Waals surface area contributed by atoms with E-state index in [9.17, 15) is 4.79 Å². The van der Waals surface area contributed by atoms with Crippen LogP contribution >= 0.6 is 0 Å². The van der Waals surface area contributed by atoms with Crippen molar-refractivity contribution >= 4 is 5.69 Å². The van der Waals surface area contributed by atoms with Crippen molar-refractivity contribution < 1.29 is 0 Å². The van der Waals surface area contributed by atoms with Crippen LogP contribution in [-0.4, -0.2) is 16.7 Å². The first kappa shape index (κ1) is 12.4. The molecule has 0 bridgehead atoms. The fraction of sp³-hybridized carbons (Fsp3) is 0.286. The molecule has 0 aliphatic carbocycles. The molecule has 0 spiro atoms. The number of rotatable bonds is 5. The van der Waals surface area contributed by atoms with E-state index in [0.29, 0.717) is 5.69 Å². The van der Waals surface area contributed by atoms with Gasteiger partial charge in [0.2, 0.25) is 0 Å². The monoisotopic (exact) mass is 243 g/mol. The summed E-state index contributed by atoms with van der Waals surface area (Å²) in [5.41, 5.74) is 2.17.